The number of nitrogens with one attached hydrogen (secondary N) is 1. The molecule has 0 aliphatic heterocycles. The van der Waals surface area contributed by atoms with Gasteiger partial charge in [-0.25, -0.2) is 0 Å². The van der Waals surface area contributed by atoms with Crippen molar-refractivity contribution in [3.63, 3.8) is 0 Å². The Kier molecular flexibility index (Phi) is 7.56. The number of carbonyl (C=O) groups excluding carboxylic acids is 1. The average molecular weight is 362 g/mol. The summed E-state index contributed by atoms with van der Waals surface area (Å²) in [4.78, 5) is 12.2. The highest BCUT2D eigenvalue weighted by atomic mass is 79.9. The summed E-state index contributed by atoms with van der Waals surface area (Å²) >= 11 is 3.37. The van der Waals surface area contributed by atoms with E-state index >= 15 is 0 Å². The van der Waals surface area contributed by atoms with Gasteiger partial charge in [0, 0.05) is 22.6 Å². The van der Waals surface area contributed by atoms with Crippen LogP contribution in [0.15, 0.2) is 28.7 Å². The molecule has 20 heavy (non-hydrogen) atoms. The van der Waals surface area contributed by atoms with Gasteiger partial charge in [0.1, 0.15) is 0 Å². The van der Waals surface area contributed by atoms with Crippen molar-refractivity contribution >= 4 is 34.2 Å². The van der Waals surface area contributed by atoms with E-state index in [1.165, 1.54) is 32.1 Å². The summed E-state index contributed by atoms with van der Waals surface area (Å²) in [6.45, 7) is 0.521. The summed E-state index contributed by atoms with van der Waals surface area (Å²) in [5.74, 6) is 0.520. The molecule has 1 aromatic rings. The van der Waals surface area contributed by atoms with Gasteiger partial charge < -0.3 is 11.1 Å². The second kappa shape index (κ2) is 8.65. The molecule has 0 spiro atoms. The Morgan fingerprint density at radius 1 is 1.25 bits per heavy atom. The first-order valence-corrected chi connectivity index (χ1v) is 7.76. The highest BCUT2D eigenvalue weighted by molar-refractivity contribution is 9.10. The number of benzene rings is 1. The molecular weight excluding hydrogens is 340 g/mol. The maximum atomic E-state index is 12.2. The van der Waals surface area contributed by atoms with Crippen LogP contribution in [0.1, 0.15) is 42.5 Å². The van der Waals surface area contributed by atoms with Crippen LogP contribution in [0.5, 0.6) is 0 Å². The van der Waals surface area contributed by atoms with E-state index in [1.807, 2.05) is 24.3 Å². The molecule has 0 aromatic heterocycles. The van der Waals surface area contributed by atoms with E-state index in [2.05, 4.69) is 21.2 Å². The zero-order valence-electron chi connectivity index (χ0n) is 11.5. The number of carbonyl (C=O) groups is 1. The molecule has 0 bridgehead atoms. The molecule has 2 rings (SSSR count). The van der Waals surface area contributed by atoms with Gasteiger partial charge in [0.25, 0.3) is 5.91 Å². The van der Waals surface area contributed by atoms with Crippen molar-refractivity contribution < 1.29 is 4.79 Å². The summed E-state index contributed by atoms with van der Waals surface area (Å²) in [7, 11) is 0. The molecule has 5 heteroatoms. The lowest BCUT2D eigenvalue weighted by atomic mass is 9.84. The van der Waals surface area contributed by atoms with E-state index in [0.29, 0.717) is 18.0 Å². The number of rotatable bonds is 4. The third-order valence-corrected chi connectivity index (χ3v) is 4.42. The zero-order valence-corrected chi connectivity index (χ0v) is 13.9. The summed E-state index contributed by atoms with van der Waals surface area (Å²) in [5, 5.41) is 3.09. The van der Waals surface area contributed by atoms with Crippen molar-refractivity contribution in [3.8, 4) is 0 Å². The molecule has 1 atom stereocenters. The van der Waals surface area contributed by atoms with Crippen molar-refractivity contribution in [1.29, 1.82) is 0 Å². The quantitative estimate of drug-likeness (QED) is 0.862. The Morgan fingerprint density at radius 2 is 1.85 bits per heavy atom. The Morgan fingerprint density at radius 3 is 2.40 bits per heavy atom. The third-order valence-electron chi connectivity index (χ3n) is 3.90. The third kappa shape index (κ3) is 4.76. The molecule has 1 aliphatic rings. The second-order valence-corrected chi connectivity index (χ2v) is 6.14. The second-order valence-electron chi connectivity index (χ2n) is 5.22. The molecule has 0 heterocycles. The van der Waals surface area contributed by atoms with Crippen LogP contribution in [-0.2, 0) is 0 Å². The van der Waals surface area contributed by atoms with Crippen LogP contribution in [0, 0.1) is 5.92 Å². The van der Waals surface area contributed by atoms with Crippen molar-refractivity contribution in [2.75, 3.05) is 6.54 Å². The Hall–Kier alpha value is -0.580. The minimum Gasteiger partial charge on any atom is -0.348 e. The summed E-state index contributed by atoms with van der Waals surface area (Å²) < 4.78 is 0.978. The summed E-state index contributed by atoms with van der Waals surface area (Å²) in [5.41, 5.74) is 6.52. The molecule has 1 aliphatic carbocycles. The van der Waals surface area contributed by atoms with Crippen molar-refractivity contribution in [2.45, 2.75) is 38.1 Å². The van der Waals surface area contributed by atoms with E-state index < -0.39 is 0 Å². The van der Waals surface area contributed by atoms with Gasteiger partial charge in [-0.15, -0.1) is 12.4 Å². The molecule has 1 aromatic carbocycles. The predicted molar refractivity (Wildman–Crippen MR) is 88.3 cm³/mol. The molecule has 0 radical (unpaired) electrons. The van der Waals surface area contributed by atoms with Gasteiger partial charge in [0.05, 0.1) is 0 Å². The minimum absolute atomic E-state index is 0. The Bertz CT molecular complexity index is 418. The maximum Gasteiger partial charge on any atom is 0.251 e. The highest BCUT2D eigenvalue weighted by Crippen LogP contribution is 2.26. The normalized spacial score (nSPS) is 17.1. The molecule has 3 nitrogen and oxygen atoms in total. The average Bonchev–Trinajstić information content (AvgIpc) is 2.46. The van der Waals surface area contributed by atoms with Gasteiger partial charge in [-0.1, -0.05) is 35.2 Å². The molecule has 1 unspecified atom stereocenters. The number of hydrogen-bond donors (Lipinski definition) is 2. The lowest BCUT2D eigenvalue weighted by Gasteiger charge is -2.30. The van der Waals surface area contributed by atoms with Gasteiger partial charge in [0.2, 0.25) is 0 Å². The SMILES string of the molecule is Cl.NCC(NC(=O)c1ccc(Br)cc1)C1CCCCC1. The van der Waals surface area contributed by atoms with Gasteiger partial charge in [0.15, 0.2) is 0 Å². The van der Waals surface area contributed by atoms with Crippen LogP contribution in [0.2, 0.25) is 0 Å². The zero-order chi connectivity index (χ0) is 13.7. The van der Waals surface area contributed by atoms with Gasteiger partial charge in [-0.3, -0.25) is 4.79 Å². The van der Waals surface area contributed by atoms with Crippen LogP contribution in [0.25, 0.3) is 0 Å². The smallest absolute Gasteiger partial charge is 0.251 e. The van der Waals surface area contributed by atoms with Crippen LogP contribution < -0.4 is 11.1 Å². The van der Waals surface area contributed by atoms with Crippen molar-refractivity contribution in [2.24, 2.45) is 11.7 Å². The lowest BCUT2D eigenvalue weighted by molar-refractivity contribution is 0.0915. The fourth-order valence-corrected chi connectivity index (χ4v) is 3.02. The molecule has 112 valence electrons. The van der Waals surface area contributed by atoms with Gasteiger partial charge in [-0.2, -0.15) is 0 Å². The summed E-state index contributed by atoms with van der Waals surface area (Å²) in [6, 6.07) is 7.53. The summed E-state index contributed by atoms with van der Waals surface area (Å²) in [6.07, 6.45) is 6.20. The topological polar surface area (TPSA) is 55.1 Å². The first-order chi connectivity index (χ1) is 9.20. The Balaban J connectivity index is 0.00000200. The fourth-order valence-electron chi connectivity index (χ4n) is 2.76. The minimum atomic E-state index is -0.0199. The molecule has 3 N–H and O–H groups in total. The largest absolute Gasteiger partial charge is 0.348 e. The first-order valence-electron chi connectivity index (χ1n) is 6.97. The van der Waals surface area contributed by atoms with Gasteiger partial charge in [-0.05, 0) is 43.0 Å². The van der Waals surface area contributed by atoms with Crippen molar-refractivity contribution in [1.82, 2.24) is 5.32 Å². The number of hydrogen-bond acceptors (Lipinski definition) is 2. The molecule has 1 fully saturated rings. The van der Waals surface area contributed by atoms with Crippen LogP contribution in [0.4, 0.5) is 0 Å². The van der Waals surface area contributed by atoms with Crippen LogP contribution >= 0.6 is 28.3 Å². The molecule has 1 saturated carbocycles. The van der Waals surface area contributed by atoms with E-state index in [0.717, 1.165) is 4.47 Å². The Labute approximate surface area is 135 Å². The maximum absolute atomic E-state index is 12.2. The van der Waals surface area contributed by atoms with Gasteiger partial charge >= 0.3 is 0 Å². The predicted octanol–water partition coefficient (Wildman–Crippen LogP) is 3.51. The number of nitrogens with two attached hydrogens (primary N) is 1. The lowest BCUT2D eigenvalue weighted by Crippen LogP contribution is -2.45. The first kappa shape index (κ1) is 17.5. The molecule has 0 saturated heterocycles. The molecule has 1 amide bonds. The van der Waals surface area contributed by atoms with Crippen LogP contribution in [-0.4, -0.2) is 18.5 Å². The fraction of sp³-hybridized carbons (Fsp3) is 0.533. The van der Waals surface area contributed by atoms with E-state index in [4.69, 9.17) is 5.73 Å². The van der Waals surface area contributed by atoms with E-state index in [-0.39, 0.29) is 24.4 Å². The standard InChI is InChI=1S/C15H21BrN2O.ClH/c16-13-8-6-12(7-9-13)15(19)18-14(10-17)11-4-2-1-3-5-11;/h6-9,11,14H,1-5,10,17H2,(H,18,19);1H. The van der Waals surface area contributed by atoms with E-state index in [1.54, 1.807) is 0 Å². The highest BCUT2D eigenvalue weighted by Gasteiger charge is 2.24. The van der Waals surface area contributed by atoms with Crippen LogP contribution in [0.3, 0.4) is 0 Å². The van der Waals surface area contributed by atoms with E-state index in [9.17, 15) is 4.79 Å². The molecular formula is C15H22BrClN2O. The monoisotopic (exact) mass is 360 g/mol. The number of amides is 1. The number of halogens is 2. The van der Waals surface area contributed by atoms with Crippen molar-refractivity contribution in [3.05, 3.63) is 34.3 Å².